The summed E-state index contributed by atoms with van der Waals surface area (Å²) in [6.45, 7) is 4.28. The molecule has 104 valence electrons. The summed E-state index contributed by atoms with van der Waals surface area (Å²) in [5.41, 5.74) is 11.2. The Kier molecular flexibility index (Phi) is 3.57. The minimum Gasteiger partial charge on any atom is -0.485 e. The second kappa shape index (κ2) is 5.23. The summed E-state index contributed by atoms with van der Waals surface area (Å²) in [7, 11) is 0. The fraction of sp³-hybridized carbons (Fsp3) is 0.294. The molecule has 0 fully saturated rings. The van der Waals surface area contributed by atoms with Gasteiger partial charge in [-0.2, -0.15) is 0 Å². The molecular formula is C17H18BrNO. The average molecular weight is 332 g/mol. The first kappa shape index (κ1) is 13.7. The van der Waals surface area contributed by atoms with Gasteiger partial charge in [0.2, 0.25) is 0 Å². The molecule has 0 amide bonds. The van der Waals surface area contributed by atoms with Crippen LogP contribution in [0.3, 0.4) is 0 Å². The maximum Gasteiger partial charge on any atom is 0.126 e. The lowest BCUT2D eigenvalue weighted by Crippen LogP contribution is -2.24. The molecule has 2 aromatic carbocycles. The third-order valence-corrected chi connectivity index (χ3v) is 4.60. The van der Waals surface area contributed by atoms with Crippen molar-refractivity contribution < 1.29 is 4.74 Å². The summed E-state index contributed by atoms with van der Waals surface area (Å²) in [5, 5.41) is 0. The normalized spacial score (nSPS) is 21.2. The van der Waals surface area contributed by atoms with E-state index >= 15 is 0 Å². The summed E-state index contributed by atoms with van der Waals surface area (Å²) < 4.78 is 7.22. The van der Waals surface area contributed by atoms with Crippen LogP contribution in [-0.2, 0) is 0 Å². The van der Waals surface area contributed by atoms with Gasteiger partial charge in [0, 0.05) is 22.5 Å². The van der Waals surface area contributed by atoms with Gasteiger partial charge in [-0.3, -0.25) is 0 Å². The summed E-state index contributed by atoms with van der Waals surface area (Å²) in [6.07, 6.45) is 0.854. The Morgan fingerprint density at radius 3 is 2.75 bits per heavy atom. The number of fused-ring (bicyclic) bond motifs is 1. The third kappa shape index (κ3) is 2.36. The quantitative estimate of drug-likeness (QED) is 0.829. The van der Waals surface area contributed by atoms with E-state index in [1.54, 1.807) is 0 Å². The molecule has 2 unspecified atom stereocenters. The Morgan fingerprint density at radius 1 is 1.15 bits per heavy atom. The van der Waals surface area contributed by atoms with Crippen molar-refractivity contribution >= 4 is 15.9 Å². The molecule has 2 atom stereocenters. The lowest BCUT2D eigenvalue weighted by Gasteiger charge is -2.31. The van der Waals surface area contributed by atoms with Crippen molar-refractivity contribution in [1.29, 1.82) is 0 Å². The zero-order valence-corrected chi connectivity index (χ0v) is 13.3. The van der Waals surface area contributed by atoms with Crippen molar-refractivity contribution in [2.75, 3.05) is 0 Å². The first-order valence-electron chi connectivity index (χ1n) is 6.84. The van der Waals surface area contributed by atoms with Crippen LogP contribution in [0, 0.1) is 13.8 Å². The topological polar surface area (TPSA) is 35.2 Å². The van der Waals surface area contributed by atoms with Crippen LogP contribution in [0.4, 0.5) is 0 Å². The van der Waals surface area contributed by atoms with Gasteiger partial charge in [0.1, 0.15) is 11.9 Å². The van der Waals surface area contributed by atoms with Crippen LogP contribution in [0.15, 0.2) is 40.9 Å². The van der Waals surface area contributed by atoms with Crippen molar-refractivity contribution in [2.45, 2.75) is 32.4 Å². The van der Waals surface area contributed by atoms with E-state index in [2.05, 4.69) is 54.0 Å². The van der Waals surface area contributed by atoms with Gasteiger partial charge in [0.25, 0.3) is 0 Å². The van der Waals surface area contributed by atoms with Crippen LogP contribution in [0.5, 0.6) is 5.75 Å². The van der Waals surface area contributed by atoms with Gasteiger partial charge < -0.3 is 10.5 Å². The molecule has 3 heteroatoms. The Bertz CT molecular complexity index is 653. The molecule has 2 aromatic rings. The van der Waals surface area contributed by atoms with Gasteiger partial charge in [-0.15, -0.1) is 0 Å². The minimum absolute atomic E-state index is 0.0150. The molecule has 1 heterocycles. The highest BCUT2D eigenvalue weighted by molar-refractivity contribution is 9.10. The summed E-state index contributed by atoms with van der Waals surface area (Å²) in [6, 6.07) is 12.4. The molecule has 0 saturated carbocycles. The average Bonchev–Trinajstić information content (AvgIpc) is 2.42. The first-order chi connectivity index (χ1) is 9.56. The summed E-state index contributed by atoms with van der Waals surface area (Å²) in [5.74, 6) is 0.901. The van der Waals surface area contributed by atoms with Crippen molar-refractivity contribution in [3.05, 3.63) is 63.1 Å². The zero-order chi connectivity index (χ0) is 14.3. The van der Waals surface area contributed by atoms with Crippen LogP contribution < -0.4 is 10.5 Å². The van der Waals surface area contributed by atoms with E-state index in [4.69, 9.17) is 10.5 Å². The number of ether oxygens (including phenoxy) is 1. The van der Waals surface area contributed by atoms with Crippen LogP contribution >= 0.6 is 15.9 Å². The maximum absolute atomic E-state index is 6.33. The maximum atomic E-state index is 6.33. The molecule has 1 aliphatic rings. The standard InChI is InChI=1S/C17H18BrNO/c1-10-4-3-5-13(11(10)2)17-9-15(19)14-8-12(18)6-7-16(14)20-17/h3-8,15,17H,9,19H2,1-2H3. The van der Waals surface area contributed by atoms with Gasteiger partial charge in [0.15, 0.2) is 0 Å². The Balaban J connectivity index is 1.99. The highest BCUT2D eigenvalue weighted by Gasteiger charge is 2.28. The molecule has 20 heavy (non-hydrogen) atoms. The second-order valence-electron chi connectivity index (χ2n) is 5.42. The molecule has 0 radical (unpaired) electrons. The summed E-state index contributed by atoms with van der Waals surface area (Å²) in [4.78, 5) is 0. The van der Waals surface area contributed by atoms with Gasteiger partial charge >= 0.3 is 0 Å². The molecule has 0 bridgehead atoms. The van der Waals surface area contributed by atoms with E-state index in [0.717, 1.165) is 22.2 Å². The van der Waals surface area contributed by atoms with E-state index in [9.17, 15) is 0 Å². The molecular weight excluding hydrogens is 314 g/mol. The van der Waals surface area contributed by atoms with Crippen molar-refractivity contribution in [3.8, 4) is 5.75 Å². The Morgan fingerprint density at radius 2 is 1.95 bits per heavy atom. The SMILES string of the molecule is Cc1cccc(C2CC(N)c3cc(Br)ccc3O2)c1C. The van der Waals surface area contributed by atoms with Gasteiger partial charge in [-0.05, 0) is 48.7 Å². The number of halogens is 1. The number of rotatable bonds is 1. The third-order valence-electron chi connectivity index (χ3n) is 4.10. The van der Waals surface area contributed by atoms with Crippen LogP contribution in [0.25, 0.3) is 0 Å². The number of benzene rings is 2. The largest absolute Gasteiger partial charge is 0.485 e. The Labute approximate surface area is 128 Å². The lowest BCUT2D eigenvalue weighted by atomic mass is 9.90. The predicted octanol–water partition coefficient (Wildman–Crippen LogP) is 4.59. The van der Waals surface area contributed by atoms with Crippen LogP contribution in [0.2, 0.25) is 0 Å². The highest BCUT2D eigenvalue weighted by Crippen LogP contribution is 2.41. The van der Waals surface area contributed by atoms with E-state index in [0.29, 0.717) is 0 Å². The molecule has 0 aromatic heterocycles. The molecule has 0 aliphatic carbocycles. The molecule has 0 saturated heterocycles. The monoisotopic (exact) mass is 331 g/mol. The van der Waals surface area contributed by atoms with Crippen LogP contribution in [0.1, 0.15) is 40.8 Å². The van der Waals surface area contributed by atoms with E-state index in [1.807, 2.05) is 12.1 Å². The number of nitrogens with two attached hydrogens (primary N) is 1. The van der Waals surface area contributed by atoms with E-state index < -0.39 is 0 Å². The molecule has 2 N–H and O–H groups in total. The number of aryl methyl sites for hydroxylation is 1. The zero-order valence-electron chi connectivity index (χ0n) is 11.7. The summed E-state index contributed by atoms with van der Waals surface area (Å²) >= 11 is 3.49. The molecule has 3 rings (SSSR count). The lowest BCUT2D eigenvalue weighted by molar-refractivity contribution is 0.161. The first-order valence-corrected chi connectivity index (χ1v) is 7.63. The molecule has 0 spiro atoms. The number of hydrogen-bond acceptors (Lipinski definition) is 2. The number of hydrogen-bond donors (Lipinski definition) is 1. The highest BCUT2D eigenvalue weighted by atomic mass is 79.9. The predicted molar refractivity (Wildman–Crippen MR) is 85.0 cm³/mol. The van der Waals surface area contributed by atoms with Gasteiger partial charge in [0.05, 0.1) is 0 Å². The smallest absolute Gasteiger partial charge is 0.126 e. The van der Waals surface area contributed by atoms with Crippen molar-refractivity contribution in [1.82, 2.24) is 0 Å². The van der Waals surface area contributed by atoms with Crippen molar-refractivity contribution in [2.24, 2.45) is 5.73 Å². The fourth-order valence-electron chi connectivity index (χ4n) is 2.79. The molecule has 2 nitrogen and oxygen atoms in total. The minimum atomic E-state index is 0.0150. The van der Waals surface area contributed by atoms with Crippen molar-refractivity contribution in [3.63, 3.8) is 0 Å². The fourth-order valence-corrected chi connectivity index (χ4v) is 3.17. The van der Waals surface area contributed by atoms with Gasteiger partial charge in [-0.25, -0.2) is 0 Å². The van der Waals surface area contributed by atoms with Gasteiger partial charge in [-0.1, -0.05) is 34.1 Å². The van der Waals surface area contributed by atoms with E-state index in [1.165, 1.54) is 16.7 Å². The molecule has 1 aliphatic heterocycles. The Hall–Kier alpha value is -1.32. The van der Waals surface area contributed by atoms with Crippen LogP contribution in [-0.4, -0.2) is 0 Å². The van der Waals surface area contributed by atoms with E-state index in [-0.39, 0.29) is 12.1 Å². The second-order valence-corrected chi connectivity index (χ2v) is 6.34.